The fraction of sp³-hybridized carbons (Fsp3) is 0.217. The van der Waals surface area contributed by atoms with Crippen molar-refractivity contribution in [2.24, 2.45) is 0 Å². The lowest BCUT2D eigenvalue weighted by atomic mass is 10.1. The van der Waals surface area contributed by atoms with Crippen molar-refractivity contribution in [2.75, 3.05) is 18.9 Å². The van der Waals surface area contributed by atoms with Crippen molar-refractivity contribution in [2.45, 2.75) is 18.9 Å². The molecule has 0 saturated carbocycles. The summed E-state index contributed by atoms with van der Waals surface area (Å²) in [5, 5.41) is 12.5. The van der Waals surface area contributed by atoms with E-state index in [4.69, 9.17) is 27.2 Å². The molecule has 1 aliphatic rings. The van der Waals surface area contributed by atoms with Gasteiger partial charge in [-0.2, -0.15) is 0 Å². The number of nitrogens with two attached hydrogens (primary N) is 1. The van der Waals surface area contributed by atoms with Crippen LogP contribution in [0.3, 0.4) is 0 Å². The minimum atomic E-state index is -0.210. The summed E-state index contributed by atoms with van der Waals surface area (Å²) in [7, 11) is 0. The number of hydrogen-bond acceptors (Lipinski definition) is 6. The number of thiophene rings is 1. The van der Waals surface area contributed by atoms with Gasteiger partial charge in [0, 0.05) is 47.0 Å². The number of benzene rings is 1. The Balaban J connectivity index is 1.36. The number of halogens is 1. The highest BCUT2D eigenvalue weighted by molar-refractivity contribution is 7.15. The number of nitrogen functional groups attached to an aromatic ring is 1. The van der Waals surface area contributed by atoms with Crippen LogP contribution in [0.2, 0.25) is 5.02 Å². The molecule has 1 aromatic carbocycles. The monoisotopic (exact) mass is 455 g/mol. The smallest absolute Gasteiger partial charge is 0.244 e. The number of nitrogens with zero attached hydrogens (tertiary/aromatic N) is 1. The Labute approximate surface area is 189 Å². The average molecular weight is 456 g/mol. The van der Waals surface area contributed by atoms with Crippen molar-refractivity contribution >= 4 is 40.7 Å². The number of nitrogens with one attached hydrogen (secondary N) is 1. The largest absolute Gasteiger partial charge is 0.486 e. The van der Waals surface area contributed by atoms with Crippen LogP contribution in [0.4, 0.5) is 5.82 Å². The molecule has 0 bridgehead atoms. The number of rotatable bonds is 7. The normalized spacial score (nSPS) is 15.1. The highest BCUT2D eigenvalue weighted by Gasteiger charge is 2.26. The lowest BCUT2D eigenvalue weighted by molar-refractivity contribution is -0.116. The molecule has 1 aliphatic heterocycles. The molecule has 4 rings (SSSR count). The van der Waals surface area contributed by atoms with E-state index in [0.717, 1.165) is 26.4 Å². The van der Waals surface area contributed by atoms with Crippen LogP contribution in [0, 0.1) is 0 Å². The molecule has 3 heterocycles. The molecule has 0 aliphatic carbocycles. The summed E-state index contributed by atoms with van der Waals surface area (Å²) < 4.78 is 5.97. The molecule has 1 amide bonds. The first-order valence-electron chi connectivity index (χ1n) is 9.88. The van der Waals surface area contributed by atoms with Gasteiger partial charge in [0.1, 0.15) is 17.7 Å². The number of carbonyl (C=O) groups is 1. The van der Waals surface area contributed by atoms with Gasteiger partial charge in [-0.05, 0) is 53.6 Å². The number of amides is 1. The van der Waals surface area contributed by atoms with Crippen molar-refractivity contribution < 1.29 is 14.6 Å². The Morgan fingerprint density at radius 2 is 2.23 bits per heavy atom. The van der Waals surface area contributed by atoms with Crippen LogP contribution >= 0.6 is 22.9 Å². The molecule has 0 spiro atoms. The number of pyridine rings is 1. The molecule has 0 fully saturated rings. The van der Waals surface area contributed by atoms with Crippen LogP contribution in [0.25, 0.3) is 16.5 Å². The van der Waals surface area contributed by atoms with Crippen molar-refractivity contribution in [3.8, 4) is 16.2 Å². The lowest BCUT2D eigenvalue weighted by Crippen LogP contribution is -2.33. The van der Waals surface area contributed by atoms with Gasteiger partial charge in [-0.3, -0.25) is 4.79 Å². The topological polar surface area (TPSA) is 97.5 Å². The van der Waals surface area contributed by atoms with Crippen molar-refractivity contribution in [3.05, 3.63) is 69.7 Å². The molecule has 0 saturated heterocycles. The molecule has 0 radical (unpaired) electrons. The number of aromatic nitrogens is 1. The zero-order chi connectivity index (χ0) is 21.8. The Hall–Kier alpha value is -2.87. The molecule has 1 atom stereocenters. The summed E-state index contributed by atoms with van der Waals surface area (Å²) in [5.41, 5.74) is 8.42. The van der Waals surface area contributed by atoms with Crippen LogP contribution in [0.5, 0.6) is 5.75 Å². The van der Waals surface area contributed by atoms with E-state index >= 15 is 0 Å². The minimum Gasteiger partial charge on any atom is -0.486 e. The Kier molecular flexibility index (Phi) is 6.56. The second kappa shape index (κ2) is 9.51. The number of fused-ring (bicyclic) bond motifs is 1. The summed E-state index contributed by atoms with van der Waals surface area (Å²) in [6.45, 7) is 0.515. The zero-order valence-electron chi connectivity index (χ0n) is 16.7. The first kappa shape index (κ1) is 21.4. The summed E-state index contributed by atoms with van der Waals surface area (Å²) >= 11 is 8.12. The first-order valence-corrected chi connectivity index (χ1v) is 11.1. The molecule has 8 heteroatoms. The Bertz CT molecular complexity index is 1110. The van der Waals surface area contributed by atoms with Crippen LogP contribution in [-0.2, 0) is 17.6 Å². The van der Waals surface area contributed by atoms with E-state index < -0.39 is 0 Å². The zero-order valence-corrected chi connectivity index (χ0v) is 18.2. The van der Waals surface area contributed by atoms with E-state index in [1.54, 1.807) is 35.7 Å². The van der Waals surface area contributed by atoms with Gasteiger partial charge in [0.15, 0.2) is 0 Å². The van der Waals surface area contributed by atoms with Gasteiger partial charge in [0.05, 0.1) is 11.6 Å². The molecule has 31 heavy (non-hydrogen) atoms. The third-order valence-corrected chi connectivity index (χ3v) is 6.37. The predicted molar refractivity (Wildman–Crippen MR) is 124 cm³/mol. The summed E-state index contributed by atoms with van der Waals surface area (Å²) in [6.07, 6.45) is 5.89. The maximum Gasteiger partial charge on any atom is 0.244 e. The van der Waals surface area contributed by atoms with E-state index in [1.807, 2.05) is 18.2 Å². The third-order valence-electron chi connectivity index (χ3n) is 4.90. The first-order chi connectivity index (χ1) is 15.0. The van der Waals surface area contributed by atoms with E-state index in [0.29, 0.717) is 36.0 Å². The molecule has 6 nitrogen and oxygen atoms in total. The van der Waals surface area contributed by atoms with Crippen LogP contribution in [0.15, 0.2) is 48.7 Å². The highest BCUT2D eigenvalue weighted by atomic mass is 35.5. The van der Waals surface area contributed by atoms with E-state index in [2.05, 4.69) is 16.4 Å². The molecular weight excluding hydrogens is 434 g/mol. The molecule has 4 N–H and O–H groups in total. The van der Waals surface area contributed by atoms with Gasteiger partial charge in [-0.25, -0.2) is 4.98 Å². The maximum atomic E-state index is 12.1. The van der Waals surface area contributed by atoms with Gasteiger partial charge in [0.2, 0.25) is 5.91 Å². The van der Waals surface area contributed by atoms with Crippen LogP contribution in [0.1, 0.15) is 16.0 Å². The van der Waals surface area contributed by atoms with Gasteiger partial charge in [-0.1, -0.05) is 11.6 Å². The fourth-order valence-electron chi connectivity index (χ4n) is 3.38. The van der Waals surface area contributed by atoms with Crippen molar-refractivity contribution in [1.29, 1.82) is 0 Å². The molecule has 1 unspecified atom stereocenters. The summed E-state index contributed by atoms with van der Waals surface area (Å²) in [4.78, 5) is 18.4. The van der Waals surface area contributed by atoms with Gasteiger partial charge in [0.25, 0.3) is 0 Å². The minimum absolute atomic E-state index is 0.137. The number of hydrogen-bond donors (Lipinski definition) is 3. The fourth-order valence-corrected chi connectivity index (χ4v) is 4.65. The number of ether oxygens (including phenoxy) is 1. The van der Waals surface area contributed by atoms with Crippen LogP contribution in [-0.4, -0.2) is 35.3 Å². The number of anilines is 1. The molecule has 160 valence electrons. The molecular formula is C23H22ClN3O3S. The second-order valence-electron chi connectivity index (χ2n) is 7.22. The van der Waals surface area contributed by atoms with Crippen LogP contribution < -0.4 is 15.8 Å². The van der Waals surface area contributed by atoms with Crippen molar-refractivity contribution in [3.63, 3.8) is 0 Å². The average Bonchev–Trinajstić information content (AvgIpc) is 3.39. The molecule has 3 aromatic rings. The summed E-state index contributed by atoms with van der Waals surface area (Å²) in [5.74, 6) is 0.907. The number of carbonyl (C=O) groups excluding carboxylic acids is 1. The maximum absolute atomic E-state index is 12.1. The van der Waals surface area contributed by atoms with E-state index in [-0.39, 0.29) is 18.6 Å². The van der Waals surface area contributed by atoms with Crippen molar-refractivity contribution in [1.82, 2.24) is 10.3 Å². The second-order valence-corrected chi connectivity index (χ2v) is 8.80. The highest BCUT2D eigenvalue weighted by Crippen LogP contribution is 2.41. The van der Waals surface area contributed by atoms with Gasteiger partial charge < -0.3 is 20.9 Å². The number of aliphatic hydroxyl groups is 1. The predicted octanol–water partition coefficient (Wildman–Crippen LogP) is 3.71. The van der Waals surface area contributed by atoms with Gasteiger partial charge >= 0.3 is 0 Å². The van der Waals surface area contributed by atoms with E-state index in [1.165, 1.54) is 6.08 Å². The molecule has 2 aromatic heterocycles. The Morgan fingerprint density at radius 1 is 1.35 bits per heavy atom. The number of aliphatic hydroxyl groups excluding tert-OH is 1. The standard InChI is InChI=1S/C23H22ClN3O3S/c24-19-11-15(20-4-3-18(31-20)7-8-28)9-16-10-17(30-23(16)19)13-27-22(29)6-2-14-1-5-21(25)26-12-14/h1-6,9,11-12,17,28H,7-8,10,13H2,(H2,25,26)(H,27,29)/b6-2+. The lowest BCUT2D eigenvalue weighted by Gasteiger charge is -2.11. The quantitative estimate of drug-likeness (QED) is 0.472. The SMILES string of the molecule is Nc1ccc(/C=C/C(=O)NCC2Cc3cc(-c4ccc(CCO)s4)cc(Cl)c3O2)cn1. The summed E-state index contributed by atoms with van der Waals surface area (Å²) in [6, 6.07) is 11.5. The van der Waals surface area contributed by atoms with E-state index in [9.17, 15) is 4.79 Å². The Morgan fingerprint density at radius 3 is 3.00 bits per heavy atom. The van der Waals surface area contributed by atoms with Gasteiger partial charge in [-0.15, -0.1) is 11.3 Å². The third kappa shape index (κ3) is 5.25.